The highest BCUT2D eigenvalue weighted by atomic mass is 14.7. The van der Waals surface area contributed by atoms with Crippen molar-refractivity contribution in [1.82, 2.24) is 0 Å². The smallest absolute Gasteiger partial charge is 0.0160 e. The Morgan fingerprint density at radius 3 is 2.85 bits per heavy atom. The summed E-state index contributed by atoms with van der Waals surface area (Å²) in [5.41, 5.74) is 10.1. The summed E-state index contributed by atoms with van der Waals surface area (Å²) < 4.78 is 0. The minimum absolute atomic E-state index is 0.0971. The van der Waals surface area contributed by atoms with Gasteiger partial charge in [-0.15, -0.1) is 0 Å². The summed E-state index contributed by atoms with van der Waals surface area (Å²) >= 11 is 0. The predicted molar refractivity (Wildman–Crippen MR) is 85.9 cm³/mol. The maximum atomic E-state index is 6.81. The summed E-state index contributed by atoms with van der Waals surface area (Å²) in [6.07, 6.45) is 11.6. The Balaban J connectivity index is 1.74. The van der Waals surface area contributed by atoms with Gasteiger partial charge in [-0.1, -0.05) is 44.0 Å². The van der Waals surface area contributed by atoms with Crippen molar-refractivity contribution in [1.29, 1.82) is 0 Å². The molecule has 0 spiro atoms. The lowest BCUT2D eigenvalue weighted by Crippen LogP contribution is -2.41. The van der Waals surface area contributed by atoms with E-state index in [4.69, 9.17) is 5.73 Å². The molecule has 2 aliphatic rings. The normalized spacial score (nSPS) is 34.3. The van der Waals surface area contributed by atoms with Crippen LogP contribution >= 0.6 is 0 Å². The van der Waals surface area contributed by atoms with Crippen LogP contribution in [0.25, 0.3) is 0 Å². The summed E-state index contributed by atoms with van der Waals surface area (Å²) in [7, 11) is 0. The van der Waals surface area contributed by atoms with Crippen molar-refractivity contribution in [2.75, 3.05) is 0 Å². The first-order valence-corrected chi connectivity index (χ1v) is 8.53. The van der Waals surface area contributed by atoms with Crippen molar-refractivity contribution < 1.29 is 0 Å². The summed E-state index contributed by atoms with van der Waals surface area (Å²) in [6.45, 7) is 2.39. The van der Waals surface area contributed by atoms with Crippen molar-refractivity contribution in [3.63, 3.8) is 0 Å². The first kappa shape index (κ1) is 14.1. The zero-order valence-electron chi connectivity index (χ0n) is 12.9. The van der Waals surface area contributed by atoms with Gasteiger partial charge in [-0.25, -0.2) is 0 Å². The summed E-state index contributed by atoms with van der Waals surface area (Å²) in [5.74, 6) is 1.58. The second-order valence-electron chi connectivity index (χ2n) is 7.39. The highest BCUT2D eigenvalue weighted by Crippen LogP contribution is 2.40. The number of hydrogen-bond donors (Lipinski definition) is 1. The number of benzene rings is 1. The van der Waals surface area contributed by atoms with E-state index in [1.54, 1.807) is 11.1 Å². The van der Waals surface area contributed by atoms with Crippen LogP contribution in [0.2, 0.25) is 0 Å². The molecule has 1 saturated carbocycles. The first-order chi connectivity index (χ1) is 9.66. The Morgan fingerprint density at radius 2 is 1.95 bits per heavy atom. The molecule has 0 heterocycles. The molecule has 1 heteroatoms. The van der Waals surface area contributed by atoms with Gasteiger partial charge < -0.3 is 5.73 Å². The minimum Gasteiger partial charge on any atom is -0.325 e. The van der Waals surface area contributed by atoms with Gasteiger partial charge in [-0.05, 0) is 67.9 Å². The van der Waals surface area contributed by atoms with E-state index in [-0.39, 0.29) is 5.54 Å². The van der Waals surface area contributed by atoms with Gasteiger partial charge >= 0.3 is 0 Å². The van der Waals surface area contributed by atoms with E-state index in [0.717, 1.165) is 5.92 Å². The molecule has 0 aromatic heterocycles. The summed E-state index contributed by atoms with van der Waals surface area (Å²) in [4.78, 5) is 0. The van der Waals surface area contributed by atoms with Gasteiger partial charge in [0.25, 0.3) is 0 Å². The van der Waals surface area contributed by atoms with Gasteiger partial charge in [0.1, 0.15) is 0 Å². The zero-order chi connectivity index (χ0) is 14.0. The van der Waals surface area contributed by atoms with Crippen LogP contribution in [0.4, 0.5) is 0 Å². The number of hydrogen-bond acceptors (Lipinski definition) is 1. The maximum absolute atomic E-state index is 6.81. The van der Waals surface area contributed by atoms with Crippen molar-refractivity contribution in [2.24, 2.45) is 11.7 Å². The van der Waals surface area contributed by atoms with E-state index in [1.165, 1.54) is 57.8 Å². The molecule has 3 rings (SSSR count). The lowest BCUT2D eigenvalue weighted by atomic mass is 9.74. The van der Waals surface area contributed by atoms with Crippen LogP contribution in [0.1, 0.15) is 75.3 Å². The molecule has 2 aliphatic carbocycles. The molecule has 20 heavy (non-hydrogen) atoms. The van der Waals surface area contributed by atoms with Crippen molar-refractivity contribution >= 4 is 0 Å². The van der Waals surface area contributed by atoms with Crippen LogP contribution in [-0.4, -0.2) is 5.54 Å². The average Bonchev–Trinajstić information content (AvgIpc) is 2.61. The molecule has 1 fully saturated rings. The molecule has 0 amide bonds. The minimum atomic E-state index is 0.0971. The molecular formula is C19H29N. The lowest BCUT2D eigenvalue weighted by Gasteiger charge is -2.35. The average molecular weight is 271 g/mol. The highest BCUT2D eigenvalue weighted by Gasteiger charge is 2.32. The fourth-order valence-electron chi connectivity index (χ4n) is 4.37. The van der Waals surface area contributed by atoms with E-state index in [1.807, 2.05) is 0 Å². The SMILES string of the molecule is CC1CCCC(N)(CC2CCCc3ccccc32)CC1. The topological polar surface area (TPSA) is 26.0 Å². The van der Waals surface area contributed by atoms with Crippen LogP contribution in [0.3, 0.4) is 0 Å². The quantitative estimate of drug-likeness (QED) is 0.769. The molecule has 3 unspecified atom stereocenters. The fraction of sp³-hybridized carbons (Fsp3) is 0.684. The highest BCUT2D eigenvalue weighted by molar-refractivity contribution is 5.33. The Kier molecular flexibility index (Phi) is 4.16. The molecule has 1 aromatic carbocycles. The zero-order valence-corrected chi connectivity index (χ0v) is 12.9. The summed E-state index contributed by atoms with van der Waals surface area (Å²) in [6, 6.07) is 9.06. The third-order valence-corrected chi connectivity index (χ3v) is 5.65. The molecular weight excluding hydrogens is 242 g/mol. The van der Waals surface area contributed by atoms with Crippen LogP contribution in [-0.2, 0) is 6.42 Å². The number of aryl methyl sites for hydroxylation is 1. The standard InChI is InChI=1S/C19H29N/c1-15-6-5-12-19(20,13-11-15)14-17-9-4-8-16-7-2-3-10-18(16)17/h2-3,7,10,15,17H,4-6,8-9,11-14,20H2,1H3. The molecule has 3 atom stereocenters. The largest absolute Gasteiger partial charge is 0.325 e. The van der Waals surface area contributed by atoms with Crippen LogP contribution in [0.5, 0.6) is 0 Å². The third-order valence-electron chi connectivity index (χ3n) is 5.65. The number of nitrogens with two attached hydrogens (primary N) is 1. The molecule has 0 aliphatic heterocycles. The van der Waals surface area contributed by atoms with Gasteiger partial charge in [-0.2, -0.15) is 0 Å². The van der Waals surface area contributed by atoms with E-state index < -0.39 is 0 Å². The number of rotatable bonds is 2. The van der Waals surface area contributed by atoms with Crippen molar-refractivity contribution in [3.05, 3.63) is 35.4 Å². The van der Waals surface area contributed by atoms with Crippen LogP contribution in [0.15, 0.2) is 24.3 Å². The van der Waals surface area contributed by atoms with Gasteiger partial charge in [0.05, 0.1) is 0 Å². The van der Waals surface area contributed by atoms with E-state index in [2.05, 4.69) is 31.2 Å². The Morgan fingerprint density at radius 1 is 1.10 bits per heavy atom. The molecule has 0 bridgehead atoms. The first-order valence-electron chi connectivity index (χ1n) is 8.53. The third kappa shape index (κ3) is 3.09. The second-order valence-corrected chi connectivity index (χ2v) is 7.39. The molecule has 1 aromatic rings. The Bertz CT molecular complexity index is 453. The molecule has 110 valence electrons. The summed E-state index contributed by atoms with van der Waals surface area (Å²) in [5, 5.41) is 0. The monoisotopic (exact) mass is 271 g/mol. The molecule has 0 radical (unpaired) electrons. The predicted octanol–water partition coefficient (Wildman–Crippen LogP) is 4.79. The lowest BCUT2D eigenvalue weighted by molar-refractivity contribution is 0.302. The number of fused-ring (bicyclic) bond motifs is 1. The van der Waals surface area contributed by atoms with E-state index in [9.17, 15) is 0 Å². The fourth-order valence-corrected chi connectivity index (χ4v) is 4.37. The maximum Gasteiger partial charge on any atom is 0.0160 e. The van der Waals surface area contributed by atoms with Gasteiger partial charge in [0.2, 0.25) is 0 Å². The second kappa shape index (κ2) is 5.89. The van der Waals surface area contributed by atoms with E-state index in [0.29, 0.717) is 5.92 Å². The molecule has 2 N–H and O–H groups in total. The molecule has 1 nitrogen and oxygen atoms in total. The van der Waals surface area contributed by atoms with Gasteiger partial charge in [0, 0.05) is 5.54 Å². The van der Waals surface area contributed by atoms with E-state index >= 15 is 0 Å². The van der Waals surface area contributed by atoms with Crippen LogP contribution < -0.4 is 5.73 Å². The van der Waals surface area contributed by atoms with Crippen molar-refractivity contribution in [3.8, 4) is 0 Å². The Hall–Kier alpha value is -0.820. The van der Waals surface area contributed by atoms with Crippen molar-refractivity contribution in [2.45, 2.75) is 76.2 Å². The molecule has 0 saturated heterocycles. The Labute approximate surface area is 124 Å². The van der Waals surface area contributed by atoms with Crippen LogP contribution in [0, 0.1) is 5.92 Å². The van der Waals surface area contributed by atoms with Gasteiger partial charge in [-0.3, -0.25) is 0 Å². The van der Waals surface area contributed by atoms with Gasteiger partial charge in [0.15, 0.2) is 0 Å².